The van der Waals surface area contributed by atoms with E-state index in [2.05, 4.69) is 43.5 Å². The normalized spacial score (nSPS) is 13.6. The Balaban J connectivity index is 2.49. The summed E-state index contributed by atoms with van der Waals surface area (Å²) < 4.78 is 0. The molecule has 108 valence electrons. The van der Waals surface area contributed by atoms with Crippen LogP contribution in [-0.2, 0) is 16.8 Å². The highest BCUT2D eigenvalue weighted by Gasteiger charge is 2.17. The van der Waals surface area contributed by atoms with E-state index in [9.17, 15) is 4.79 Å². The van der Waals surface area contributed by atoms with E-state index in [0.29, 0.717) is 0 Å². The molecule has 0 spiro atoms. The molecule has 4 heteroatoms. The first-order valence-corrected chi connectivity index (χ1v) is 7.64. The molecule has 0 fully saturated rings. The second-order valence-electron chi connectivity index (χ2n) is 6.28. The van der Waals surface area contributed by atoms with Crippen molar-refractivity contribution >= 4 is 17.2 Å². The number of nitrogens with one attached hydrogen (secondary N) is 2. The Morgan fingerprint density at radius 3 is 2.37 bits per heavy atom. The SMILES string of the molecule is CC(C)NC(=O)C(C)NCc1ccc(C(C)(C)C)s1. The molecule has 1 amide bonds. The predicted molar refractivity (Wildman–Crippen MR) is 82.6 cm³/mol. The van der Waals surface area contributed by atoms with Crippen molar-refractivity contribution in [2.24, 2.45) is 0 Å². The molecule has 1 aromatic rings. The Morgan fingerprint density at radius 1 is 1.26 bits per heavy atom. The van der Waals surface area contributed by atoms with E-state index in [1.165, 1.54) is 9.75 Å². The van der Waals surface area contributed by atoms with Gasteiger partial charge in [-0.1, -0.05) is 20.8 Å². The first-order valence-electron chi connectivity index (χ1n) is 6.83. The first kappa shape index (κ1) is 16.2. The van der Waals surface area contributed by atoms with Gasteiger partial charge in [0, 0.05) is 22.3 Å². The molecule has 1 atom stereocenters. The van der Waals surface area contributed by atoms with Crippen molar-refractivity contribution in [3.8, 4) is 0 Å². The molecule has 0 aromatic carbocycles. The van der Waals surface area contributed by atoms with E-state index in [1.54, 1.807) is 0 Å². The minimum absolute atomic E-state index is 0.0580. The Labute approximate surface area is 120 Å². The molecule has 0 aliphatic rings. The van der Waals surface area contributed by atoms with Crippen molar-refractivity contribution in [1.29, 1.82) is 0 Å². The van der Waals surface area contributed by atoms with Crippen LogP contribution in [0.2, 0.25) is 0 Å². The van der Waals surface area contributed by atoms with Gasteiger partial charge >= 0.3 is 0 Å². The molecule has 1 unspecified atom stereocenters. The lowest BCUT2D eigenvalue weighted by molar-refractivity contribution is -0.123. The van der Waals surface area contributed by atoms with Crippen molar-refractivity contribution < 1.29 is 4.79 Å². The maximum absolute atomic E-state index is 11.8. The number of hydrogen-bond donors (Lipinski definition) is 2. The third-order valence-corrected chi connectivity index (χ3v) is 4.32. The van der Waals surface area contributed by atoms with Crippen LogP contribution >= 0.6 is 11.3 Å². The molecule has 19 heavy (non-hydrogen) atoms. The van der Waals surface area contributed by atoms with E-state index in [1.807, 2.05) is 32.1 Å². The van der Waals surface area contributed by atoms with Crippen LogP contribution in [0, 0.1) is 0 Å². The summed E-state index contributed by atoms with van der Waals surface area (Å²) in [5.74, 6) is 0.0580. The molecule has 0 aliphatic carbocycles. The Morgan fingerprint density at radius 2 is 1.89 bits per heavy atom. The molecule has 0 radical (unpaired) electrons. The zero-order chi connectivity index (χ0) is 14.6. The van der Waals surface area contributed by atoms with Gasteiger partial charge in [0.1, 0.15) is 0 Å². The lowest BCUT2D eigenvalue weighted by atomic mass is 9.95. The highest BCUT2D eigenvalue weighted by atomic mass is 32.1. The van der Waals surface area contributed by atoms with Crippen molar-refractivity contribution in [2.45, 2.75) is 65.6 Å². The second-order valence-corrected chi connectivity index (χ2v) is 7.45. The van der Waals surface area contributed by atoms with Crippen LogP contribution in [0.4, 0.5) is 0 Å². The summed E-state index contributed by atoms with van der Waals surface area (Å²) in [5, 5.41) is 6.18. The summed E-state index contributed by atoms with van der Waals surface area (Å²) in [5.41, 5.74) is 0.198. The smallest absolute Gasteiger partial charge is 0.237 e. The minimum atomic E-state index is -0.164. The van der Waals surface area contributed by atoms with Gasteiger partial charge in [-0.05, 0) is 38.3 Å². The van der Waals surface area contributed by atoms with Gasteiger partial charge in [0.15, 0.2) is 0 Å². The van der Waals surface area contributed by atoms with Crippen molar-refractivity contribution in [3.63, 3.8) is 0 Å². The lowest BCUT2D eigenvalue weighted by Crippen LogP contribution is -2.44. The molecule has 0 saturated carbocycles. The number of amides is 1. The van der Waals surface area contributed by atoms with E-state index >= 15 is 0 Å². The van der Waals surface area contributed by atoms with Crippen LogP contribution in [0.3, 0.4) is 0 Å². The standard InChI is InChI=1S/C15H26N2OS/c1-10(2)17-14(18)11(3)16-9-12-7-8-13(19-12)15(4,5)6/h7-8,10-11,16H,9H2,1-6H3,(H,17,18). The van der Waals surface area contributed by atoms with Gasteiger partial charge in [-0.25, -0.2) is 0 Å². The lowest BCUT2D eigenvalue weighted by Gasteiger charge is -2.16. The summed E-state index contributed by atoms with van der Waals surface area (Å²) in [7, 11) is 0. The van der Waals surface area contributed by atoms with Gasteiger partial charge in [0.25, 0.3) is 0 Å². The first-order chi connectivity index (χ1) is 8.70. The van der Waals surface area contributed by atoms with E-state index in [0.717, 1.165) is 6.54 Å². The van der Waals surface area contributed by atoms with Gasteiger partial charge in [-0.15, -0.1) is 11.3 Å². The number of rotatable bonds is 5. The summed E-state index contributed by atoms with van der Waals surface area (Å²) in [6.45, 7) is 13.2. The van der Waals surface area contributed by atoms with E-state index in [-0.39, 0.29) is 23.4 Å². The number of thiophene rings is 1. The van der Waals surface area contributed by atoms with Crippen LogP contribution in [0.5, 0.6) is 0 Å². The van der Waals surface area contributed by atoms with E-state index in [4.69, 9.17) is 0 Å². The van der Waals surface area contributed by atoms with Crippen molar-refractivity contribution in [3.05, 3.63) is 21.9 Å². The number of carbonyl (C=O) groups excluding carboxylic acids is 1. The summed E-state index contributed by atoms with van der Waals surface area (Å²) >= 11 is 1.81. The van der Waals surface area contributed by atoms with Crippen LogP contribution < -0.4 is 10.6 Å². The van der Waals surface area contributed by atoms with Crippen LogP contribution in [-0.4, -0.2) is 18.0 Å². The minimum Gasteiger partial charge on any atom is -0.353 e. The second kappa shape index (κ2) is 6.53. The molecule has 0 aliphatic heterocycles. The largest absolute Gasteiger partial charge is 0.353 e. The summed E-state index contributed by atoms with van der Waals surface area (Å²) in [6, 6.07) is 4.35. The van der Waals surface area contributed by atoms with Gasteiger partial charge in [0.2, 0.25) is 5.91 Å². The van der Waals surface area contributed by atoms with Crippen LogP contribution in [0.1, 0.15) is 51.3 Å². The topological polar surface area (TPSA) is 41.1 Å². The fourth-order valence-corrected chi connectivity index (χ4v) is 2.65. The number of hydrogen-bond acceptors (Lipinski definition) is 3. The molecule has 3 nitrogen and oxygen atoms in total. The quantitative estimate of drug-likeness (QED) is 0.871. The van der Waals surface area contributed by atoms with Gasteiger partial charge in [0.05, 0.1) is 6.04 Å². The average molecular weight is 282 g/mol. The molecular weight excluding hydrogens is 256 g/mol. The fraction of sp³-hybridized carbons (Fsp3) is 0.667. The third kappa shape index (κ3) is 5.33. The highest BCUT2D eigenvalue weighted by Crippen LogP contribution is 2.29. The summed E-state index contributed by atoms with van der Waals surface area (Å²) in [6.07, 6.45) is 0. The van der Waals surface area contributed by atoms with E-state index < -0.39 is 0 Å². The average Bonchev–Trinajstić information content (AvgIpc) is 2.72. The summed E-state index contributed by atoms with van der Waals surface area (Å²) in [4.78, 5) is 14.4. The molecular formula is C15H26N2OS. The maximum atomic E-state index is 11.8. The van der Waals surface area contributed by atoms with Crippen molar-refractivity contribution in [2.75, 3.05) is 0 Å². The Bertz CT molecular complexity index is 418. The monoisotopic (exact) mass is 282 g/mol. The maximum Gasteiger partial charge on any atom is 0.237 e. The third-order valence-electron chi connectivity index (χ3n) is 2.81. The molecule has 1 heterocycles. The van der Waals surface area contributed by atoms with Gasteiger partial charge in [-0.2, -0.15) is 0 Å². The fourth-order valence-electron chi connectivity index (χ4n) is 1.63. The molecule has 2 N–H and O–H groups in total. The highest BCUT2D eigenvalue weighted by molar-refractivity contribution is 7.12. The molecule has 0 saturated heterocycles. The molecule has 1 aromatic heterocycles. The van der Waals surface area contributed by atoms with Crippen LogP contribution in [0.15, 0.2) is 12.1 Å². The number of carbonyl (C=O) groups is 1. The van der Waals surface area contributed by atoms with Gasteiger partial charge < -0.3 is 10.6 Å². The molecule has 0 bridgehead atoms. The zero-order valence-electron chi connectivity index (χ0n) is 12.8. The Hall–Kier alpha value is -0.870. The predicted octanol–water partition coefficient (Wildman–Crippen LogP) is 3.05. The Kier molecular flexibility index (Phi) is 5.56. The van der Waals surface area contributed by atoms with Crippen LogP contribution in [0.25, 0.3) is 0 Å². The zero-order valence-corrected chi connectivity index (χ0v) is 13.6. The van der Waals surface area contributed by atoms with Crippen molar-refractivity contribution in [1.82, 2.24) is 10.6 Å². The van der Waals surface area contributed by atoms with Gasteiger partial charge in [-0.3, -0.25) is 4.79 Å². The molecule has 1 rings (SSSR count).